The molecule has 0 radical (unpaired) electrons. The van der Waals surface area contributed by atoms with Crippen LogP contribution in [0.1, 0.15) is 14.8 Å². The molecular weight excluding hydrogens is 490 g/mol. The van der Waals surface area contributed by atoms with Crippen molar-refractivity contribution in [3.05, 3.63) is 120 Å². The first-order chi connectivity index (χ1) is 13.4. The normalized spacial score (nSPS) is 11.6. The van der Waals surface area contributed by atoms with Gasteiger partial charge in [0.2, 0.25) is 0 Å². The van der Waals surface area contributed by atoms with Gasteiger partial charge in [-0.15, -0.1) is 0 Å². The number of hydrogen-bond acceptors (Lipinski definition) is 0. The van der Waals surface area contributed by atoms with E-state index in [1.165, 1.54) is 11.1 Å². The van der Waals surface area contributed by atoms with Crippen LogP contribution in [-0.4, -0.2) is 5.92 Å². The van der Waals surface area contributed by atoms with E-state index in [-0.39, 0.29) is 24.8 Å². The van der Waals surface area contributed by atoms with E-state index in [4.69, 9.17) is 0 Å². The van der Waals surface area contributed by atoms with Crippen LogP contribution in [0.5, 0.6) is 0 Å². The zero-order valence-electron chi connectivity index (χ0n) is 15.8. The predicted octanol–water partition coefficient (Wildman–Crippen LogP) is -1.61. The molecule has 4 aromatic rings. The summed E-state index contributed by atoms with van der Waals surface area (Å²) in [6, 6.07) is 40.8. The van der Waals surface area contributed by atoms with Crippen LogP contribution in [0.2, 0.25) is 0 Å². The maximum absolute atomic E-state index is 2.38. The molecule has 1 aliphatic carbocycles. The summed E-state index contributed by atoms with van der Waals surface area (Å²) < 4.78 is 0.665. The summed E-state index contributed by atoms with van der Waals surface area (Å²) >= 11 is -0.731. The van der Waals surface area contributed by atoms with E-state index >= 15 is 0 Å². The van der Waals surface area contributed by atoms with Gasteiger partial charge in [-0.1, -0.05) is 0 Å². The molecule has 0 saturated heterocycles. The first-order valence-corrected chi connectivity index (χ1v) is 16.9. The molecule has 0 bridgehead atoms. The summed E-state index contributed by atoms with van der Waals surface area (Å²) in [6.07, 6.45) is 0. The van der Waals surface area contributed by atoms with Crippen molar-refractivity contribution >= 4 is 16.3 Å². The molecule has 0 amide bonds. The molecular formula is C25H20Cl2SiZr. The van der Waals surface area contributed by atoms with E-state index in [0.29, 0.717) is 3.63 Å². The monoisotopic (exact) mass is 508 g/mol. The number of halogens is 2. The van der Waals surface area contributed by atoms with Crippen LogP contribution in [0.15, 0.2) is 109 Å². The van der Waals surface area contributed by atoms with Gasteiger partial charge in [0, 0.05) is 0 Å². The summed E-state index contributed by atoms with van der Waals surface area (Å²) in [7, 11) is 0. The van der Waals surface area contributed by atoms with Crippen LogP contribution in [0.25, 0.3) is 11.1 Å². The molecule has 0 nitrogen and oxygen atoms in total. The van der Waals surface area contributed by atoms with E-state index in [1.54, 1.807) is 21.5 Å². The second kappa shape index (κ2) is 10.0. The Morgan fingerprint density at radius 2 is 0.862 bits per heavy atom. The number of benzene rings is 4. The van der Waals surface area contributed by atoms with Gasteiger partial charge in [0.15, 0.2) is 0 Å². The molecule has 0 atom stereocenters. The van der Waals surface area contributed by atoms with Crippen LogP contribution in [-0.2, 0) is 22.4 Å². The summed E-state index contributed by atoms with van der Waals surface area (Å²) in [5.74, 6) is -1.15. The molecule has 5 rings (SSSR count). The fourth-order valence-corrected chi connectivity index (χ4v) is 18.9. The van der Waals surface area contributed by atoms with E-state index in [2.05, 4.69) is 109 Å². The first-order valence-electron chi connectivity index (χ1n) is 9.46. The Morgan fingerprint density at radius 3 is 1.31 bits per heavy atom. The van der Waals surface area contributed by atoms with Gasteiger partial charge in [-0.05, 0) is 0 Å². The zero-order valence-corrected chi connectivity index (χ0v) is 20.9. The fraction of sp³-hybridized carbons (Fsp3) is 0.0400. The Kier molecular flexibility index (Phi) is 7.71. The van der Waals surface area contributed by atoms with Gasteiger partial charge in [-0.3, -0.25) is 0 Å². The molecule has 0 unspecified atom stereocenters. The molecule has 0 fully saturated rings. The third kappa shape index (κ3) is 4.37. The van der Waals surface area contributed by atoms with Gasteiger partial charge in [-0.2, -0.15) is 0 Å². The van der Waals surface area contributed by atoms with Crippen molar-refractivity contribution < 1.29 is 47.2 Å². The first kappa shape index (κ1) is 22.2. The summed E-state index contributed by atoms with van der Waals surface area (Å²) in [5.41, 5.74) is 6.09. The van der Waals surface area contributed by atoms with Crippen molar-refractivity contribution in [3.8, 4) is 11.1 Å². The summed E-state index contributed by atoms with van der Waals surface area (Å²) in [6.45, 7) is 0. The van der Waals surface area contributed by atoms with Crippen molar-refractivity contribution in [1.82, 2.24) is 0 Å². The molecule has 0 heterocycles. The minimum atomic E-state index is -1.15. The SMILES string of the molecule is [Cl-].[Cl-].c1ccc([SiH]([Zr+2][CH]2c3ccccc3-c3ccccc32)c2ccccc2)cc1. The van der Waals surface area contributed by atoms with Crippen LogP contribution in [0, 0.1) is 0 Å². The van der Waals surface area contributed by atoms with E-state index in [0.717, 1.165) is 0 Å². The van der Waals surface area contributed by atoms with Gasteiger partial charge in [0.05, 0.1) is 0 Å². The average molecular weight is 511 g/mol. The van der Waals surface area contributed by atoms with Crippen molar-refractivity contribution in [2.45, 2.75) is 3.63 Å². The Hall–Kier alpha value is -1.44. The number of hydrogen-bond donors (Lipinski definition) is 0. The number of rotatable bonds is 4. The molecule has 0 aliphatic heterocycles. The molecule has 4 aromatic carbocycles. The molecule has 0 N–H and O–H groups in total. The zero-order chi connectivity index (χ0) is 18.1. The van der Waals surface area contributed by atoms with Gasteiger partial charge < -0.3 is 24.8 Å². The molecule has 1 aliphatic rings. The Bertz CT molecular complexity index is 985. The van der Waals surface area contributed by atoms with Crippen LogP contribution >= 0.6 is 0 Å². The molecule has 29 heavy (non-hydrogen) atoms. The Morgan fingerprint density at radius 1 is 0.483 bits per heavy atom. The fourth-order valence-electron chi connectivity index (χ4n) is 4.18. The molecule has 0 spiro atoms. The van der Waals surface area contributed by atoms with Crippen molar-refractivity contribution in [2.24, 2.45) is 0 Å². The second-order valence-electron chi connectivity index (χ2n) is 7.03. The standard InChI is InChI=1S/C13H9.C12H11Si.2ClH.Zr/c1-3-7-12-10(5-1)9-11-6-2-4-8-13(11)12;1-3-7-11(8-4-1)13-12-9-5-2-6-10-12;;;/h1-9H;1-10,13H;2*1H;/q;;;;+2/p-2. The second-order valence-corrected chi connectivity index (χ2v) is 17.7. The molecule has 4 heteroatoms. The topological polar surface area (TPSA) is 0 Å². The molecule has 142 valence electrons. The van der Waals surface area contributed by atoms with Gasteiger partial charge in [0.25, 0.3) is 0 Å². The van der Waals surface area contributed by atoms with E-state index in [1.807, 2.05) is 0 Å². The van der Waals surface area contributed by atoms with Crippen molar-refractivity contribution in [3.63, 3.8) is 0 Å². The van der Waals surface area contributed by atoms with Gasteiger partial charge in [0.1, 0.15) is 0 Å². The minimum absolute atomic E-state index is 0. The molecule has 0 saturated carbocycles. The van der Waals surface area contributed by atoms with Crippen LogP contribution in [0.4, 0.5) is 0 Å². The van der Waals surface area contributed by atoms with Crippen molar-refractivity contribution in [1.29, 1.82) is 0 Å². The maximum atomic E-state index is 2.38. The summed E-state index contributed by atoms with van der Waals surface area (Å²) in [5, 5.41) is 3.22. The number of fused-ring (bicyclic) bond motifs is 3. The van der Waals surface area contributed by atoms with Crippen LogP contribution < -0.4 is 35.2 Å². The van der Waals surface area contributed by atoms with E-state index in [9.17, 15) is 0 Å². The van der Waals surface area contributed by atoms with E-state index < -0.39 is 28.3 Å². The van der Waals surface area contributed by atoms with Crippen molar-refractivity contribution in [2.75, 3.05) is 0 Å². The van der Waals surface area contributed by atoms with Crippen LogP contribution in [0.3, 0.4) is 0 Å². The Balaban J connectivity index is 0.00000120. The Labute approximate surface area is 197 Å². The summed E-state index contributed by atoms with van der Waals surface area (Å²) in [4.78, 5) is 0. The third-order valence-electron chi connectivity index (χ3n) is 5.43. The average Bonchev–Trinajstić information content (AvgIpc) is 3.07. The van der Waals surface area contributed by atoms with Gasteiger partial charge in [-0.25, -0.2) is 0 Å². The quantitative estimate of drug-likeness (QED) is 0.290. The predicted molar refractivity (Wildman–Crippen MR) is 113 cm³/mol. The van der Waals surface area contributed by atoms with Gasteiger partial charge >= 0.3 is 174 Å². The molecule has 0 aromatic heterocycles. The third-order valence-corrected chi connectivity index (χ3v) is 19.6.